The number of hydrogen-bond acceptors (Lipinski definition) is 2. The molecule has 1 aliphatic carbocycles. The van der Waals surface area contributed by atoms with Gasteiger partial charge in [0, 0.05) is 24.5 Å². The van der Waals surface area contributed by atoms with Crippen LogP contribution < -0.4 is 5.73 Å². The predicted molar refractivity (Wildman–Crippen MR) is 111 cm³/mol. The van der Waals surface area contributed by atoms with Gasteiger partial charge in [0.1, 0.15) is 0 Å². The molecule has 0 aliphatic heterocycles. The molecule has 2 aromatic rings. The fraction of sp³-hybridized carbons (Fsp3) is 0.500. The highest BCUT2D eigenvalue weighted by Crippen LogP contribution is 2.30. The van der Waals surface area contributed by atoms with Gasteiger partial charge in [0.15, 0.2) is 0 Å². The van der Waals surface area contributed by atoms with Gasteiger partial charge in [-0.25, -0.2) is 0 Å². The summed E-state index contributed by atoms with van der Waals surface area (Å²) in [6.07, 6.45) is 7.99. The van der Waals surface area contributed by atoms with Crippen LogP contribution in [0.15, 0.2) is 60.7 Å². The molecule has 2 nitrogen and oxygen atoms in total. The van der Waals surface area contributed by atoms with Gasteiger partial charge in [-0.2, -0.15) is 0 Å². The van der Waals surface area contributed by atoms with Crippen molar-refractivity contribution < 1.29 is 0 Å². The van der Waals surface area contributed by atoms with E-state index in [1.807, 2.05) is 0 Å². The molecule has 0 saturated heterocycles. The molecular formula is C24H34N2. The van der Waals surface area contributed by atoms with Gasteiger partial charge in [-0.15, -0.1) is 0 Å². The summed E-state index contributed by atoms with van der Waals surface area (Å²) in [5.74, 6) is 0.455. The third-order valence-electron chi connectivity index (χ3n) is 5.72. The standard InChI is InChI=1S/C24H34N2/c1-20(25)19-26(23-15-9-4-10-16-23)18-17-24(21-11-5-2-6-12-21)22-13-7-3-8-14-22/h2-3,5-8,11-14,20,23-24H,4,9-10,15-19,25H2,1H3. The Balaban J connectivity index is 1.74. The second-order valence-corrected chi connectivity index (χ2v) is 7.93. The minimum atomic E-state index is 0.240. The Kier molecular flexibility index (Phi) is 7.28. The van der Waals surface area contributed by atoms with Crippen molar-refractivity contribution in [3.05, 3.63) is 71.8 Å². The summed E-state index contributed by atoms with van der Waals surface area (Å²) in [6.45, 7) is 4.28. The fourth-order valence-electron chi connectivity index (χ4n) is 4.43. The van der Waals surface area contributed by atoms with Crippen LogP contribution in [0.1, 0.15) is 62.5 Å². The van der Waals surface area contributed by atoms with Gasteiger partial charge in [0.2, 0.25) is 0 Å². The van der Waals surface area contributed by atoms with Crippen LogP contribution >= 0.6 is 0 Å². The third-order valence-corrected chi connectivity index (χ3v) is 5.72. The number of rotatable bonds is 8. The van der Waals surface area contributed by atoms with Gasteiger partial charge < -0.3 is 5.73 Å². The average molecular weight is 351 g/mol. The molecule has 1 aliphatic rings. The number of hydrogen-bond donors (Lipinski definition) is 1. The molecule has 0 radical (unpaired) electrons. The second-order valence-electron chi connectivity index (χ2n) is 7.93. The van der Waals surface area contributed by atoms with Crippen LogP contribution in [0.3, 0.4) is 0 Å². The largest absolute Gasteiger partial charge is 0.327 e. The Bertz CT molecular complexity index is 578. The van der Waals surface area contributed by atoms with Gasteiger partial charge in [0.05, 0.1) is 0 Å². The van der Waals surface area contributed by atoms with E-state index >= 15 is 0 Å². The van der Waals surface area contributed by atoms with Gasteiger partial charge >= 0.3 is 0 Å². The van der Waals surface area contributed by atoms with E-state index in [1.165, 1.54) is 43.2 Å². The summed E-state index contributed by atoms with van der Waals surface area (Å²) in [7, 11) is 0. The molecule has 0 aromatic heterocycles. The third kappa shape index (κ3) is 5.43. The second kappa shape index (κ2) is 9.89. The lowest BCUT2D eigenvalue weighted by Gasteiger charge is -2.36. The van der Waals surface area contributed by atoms with Crippen molar-refractivity contribution in [1.29, 1.82) is 0 Å². The van der Waals surface area contributed by atoms with E-state index in [-0.39, 0.29) is 6.04 Å². The molecule has 140 valence electrons. The Labute approximate surface area is 159 Å². The van der Waals surface area contributed by atoms with Gasteiger partial charge in [-0.05, 0) is 43.9 Å². The predicted octanol–water partition coefficient (Wildman–Crippen LogP) is 5.19. The molecule has 2 heteroatoms. The molecule has 3 rings (SSSR count). The van der Waals surface area contributed by atoms with Crippen LogP contribution in [0.5, 0.6) is 0 Å². The monoisotopic (exact) mass is 350 g/mol. The molecule has 2 aromatic carbocycles. The van der Waals surface area contributed by atoms with E-state index < -0.39 is 0 Å². The summed E-state index contributed by atoms with van der Waals surface area (Å²) in [5.41, 5.74) is 9.03. The molecule has 1 saturated carbocycles. The molecule has 26 heavy (non-hydrogen) atoms. The zero-order valence-corrected chi connectivity index (χ0v) is 16.2. The minimum absolute atomic E-state index is 0.240. The van der Waals surface area contributed by atoms with Crippen LogP contribution in [0.25, 0.3) is 0 Å². The van der Waals surface area contributed by atoms with Crippen LogP contribution in [0, 0.1) is 0 Å². The summed E-state index contributed by atoms with van der Waals surface area (Å²) >= 11 is 0. The van der Waals surface area contributed by atoms with Crippen molar-refractivity contribution in [2.24, 2.45) is 5.73 Å². The Morgan fingerprint density at radius 3 is 1.92 bits per heavy atom. The first-order chi connectivity index (χ1) is 12.7. The molecule has 2 N–H and O–H groups in total. The summed E-state index contributed by atoms with van der Waals surface area (Å²) in [4.78, 5) is 2.68. The lowest BCUT2D eigenvalue weighted by Crippen LogP contribution is -2.44. The average Bonchev–Trinajstić information content (AvgIpc) is 2.69. The van der Waals surface area contributed by atoms with Gasteiger partial charge in [-0.1, -0.05) is 79.9 Å². The molecule has 0 bridgehead atoms. The van der Waals surface area contributed by atoms with Crippen LogP contribution in [0.4, 0.5) is 0 Å². The number of nitrogens with two attached hydrogens (primary N) is 1. The first kappa shape index (κ1) is 19.1. The van der Waals surface area contributed by atoms with E-state index in [9.17, 15) is 0 Å². The highest BCUT2D eigenvalue weighted by molar-refractivity contribution is 5.32. The molecule has 0 spiro atoms. The van der Waals surface area contributed by atoms with E-state index in [0.717, 1.165) is 25.6 Å². The van der Waals surface area contributed by atoms with Crippen molar-refractivity contribution in [1.82, 2.24) is 4.90 Å². The fourth-order valence-corrected chi connectivity index (χ4v) is 4.43. The number of benzene rings is 2. The quantitative estimate of drug-likeness (QED) is 0.710. The van der Waals surface area contributed by atoms with E-state index in [0.29, 0.717) is 5.92 Å². The zero-order valence-electron chi connectivity index (χ0n) is 16.2. The van der Waals surface area contributed by atoms with Crippen molar-refractivity contribution >= 4 is 0 Å². The highest BCUT2D eigenvalue weighted by atomic mass is 15.2. The zero-order chi connectivity index (χ0) is 18.2. The van der Waals surface area contributed by atoms with Gasteiger partial charge in [0.25, 0.3) is 0 Å². The first-order valence-electron chi connectivity index (χ1n) is 10.3. The van der Waals surface area contributed by atoms with Crippen LogP contribution in [0.2, 0.25) is 0 Å². The SMILES string of the molecule is CC(N)CN(CCC(c1ccccc1)c1ccccc1)C1CCCCC1. The van der Waals surface area contributed by atoms with E-state index in [2.05, 4.69) is 72.5 Å². The van der Waals surface area contributed by atoms with Gasteiger partial charge in [-0.3, -0.25) is 4.90 Å². The number of nitrogens with zero attached hydrogens (tertiary/aromatic N) is 1. The van der Waals surface area contributed by atoms with Crippen molar-refractivity contribution in [2.75, 3.05) is 13.1 Å². The minimum Gasteiger partial charge on any atom is -0.327 e. The van der Waals surface area contributed by atoms with E-state index in [1.54, 1.807) is 0 Å². The molecule has 1 fully saturated rings. The van der Waals surface area contributed by atoms with E-state index in [4.69, 9.17) is 5.73 Å². The summed E-state index contributed by atoms with van der Waals surface area (Å²) in [5, 5.41) is 0. The molecule has 1 atom stereocenters. The summed E-state index contributed by atoms with van der Waals surface area (Å²) in [6, 6.07) is 22.9. The highest BCUT2D eigenvalue weighted by Gasteiger charge is 2.23. The maximum Gasteiger partial charge on any atom is 0.0139 e. The smallest absolute Gasteiger partial charge is 0.0139 e. The maximum absolute atomic E-state index is 6.19. The Morgan fingerprint density at radius 1 is 0.885 bits per heavy atom. The maximum atomic E-state index is 6.19. The first-order valence-corrected chi connectivity index (χ1v) is 10.3. The van der Waals surface area contributed by atoms with Crippen molar-refractivity contribution in [3.63, 3.8) is 0 Å². The molecule has 0 amide bonds. The van der Waals surface area contributed by atoms with Crippen LogP contribution in [-0.2, 0) is 0 Å². The lowest BCUT2D eigenvalue weighted by atomic mass is 9.87. The van der Waals surface area contributed by atoms with Crippen LogP contribution in [-0.4, -0.2) is 30.1 Å². The molecule has 1 unspecified atom stereocenters. The topological polar surface area (TPSA) is 29.3 Å². The summed E-state index contributed by atoms with van der Waals surface area (Å²) < 4.78 is 0. The Morgan fingerprint density at radius 2 is 1.42 bits per heavy atom. The lowest BCUT2D eigenvalue weighted by molar-refractivity contribution is 0.146. The molecular weight excluding hydrogens is 316 g/mol. The molecule has 0 heterocycles. The Hall–Kier alpha value is -1.64. The normalized spacial score (nSPS) is 16.9. The van der Waals surface area contributed by atoms with Crippen molar-refractivity contribution in [2.45, 2.75) is 63.5 Å². The van der Waals surface area contributed by atoms with Crippen molar-refractivity contribution in [3.8, 4) is 0 Å².